The number of carbonyl (C=O) groups excluding carboxylic acids is 1. The largest absolute Gasteiger partial charge is 0.382 e. The molecule has 0 bridgehead atoms. The lowest BCUT2D eigenvalue weighted by Gasteiger charge is -2.35. The first-order valence-electron chi connectivity index (χ1n) is 7.01. The minimum Gasteiger partial charge on any atom is -0.382 e. The summed E-state index contributed by atoms with van der Waals surface area (Å²) in [6.07, 6.45) is 4.17. The average Bonchev–Trinajstić information content (AvgIpc) is 2.34. The summed E-state index contributed by atoms with van der Waals surface area (Å²) in [5, 5.41) is 3.16. The lowest BCUT2D eigenvalue weighted by molar-refractivity contribution is -0.124. The van der Waals surface area contributed by atoms with Crippen molar-refractivity contribution < 1.29 is 14.3 Å². The molecule has 1 rings (SSSR count). The van der Waals surface area contributed by atoms with Gasteiger partial charge in [0.25, 0.3) is 0 Å². The third kappa shape index (κ3) is 5.36. The van der Waals surface area contributed by atoms with E-state index < -0.39 is 0 Å². The number of amides is 1. The Morgan fingerprint density at radius 1 is 1.17 bits per heavy atom. The number of hydrogen-bond donors (Lipinski definition) is 1. The fraction of sp³-hybridized carbons (Fsp3) is 0.929. The summed E-state index contributed by atoms with van der Waals surface area (Å²) in [7, 11) is 1.64. The Labute approximate surface area is 110 Å². The van der Waals surface area contributed by atoms with Crippen molar-refractivity contribution in [3.8, 4) is 0 Å². The van der Waals surface area contributed by atoms with Gasteiger partial charge >= 0.3 is 0 Å². The highest BCUT2D eigenvalue weighted by Crippen LogP contribution is 2.28. The van der Waals surface area contributed by atoms with Crippen molar-refractivity contribution >= 4 is 5.91 Å². The molecule has 2 unspecified atom stereocenters. The summed E-state index contributed by atoms with van der Waals surface area (Å²) >= 11 is 0. The summed E-state index contributed by atoms with van der Waals surface area (Å²) in [5.74, 6) is 1.29. The zero-order valence-corrected chi connectivity index (χ0v) is 11.9. The molecule has 0 aliphatic heterocycles. The molecule has 0 aromatic carbocycles. The van der Waals surface area contributed by atoms with Crippen LogP contribution in [0.5, 0.6) is 0 Å². The van der Waals surface area contributed by atoms with Crippen LogP contribution >= 0.6 is 0 Å². The number of rotatable bonds is 7. The molecule has 0 heterocycles. The van der Waals surface area contributed by atoms with E-state index in [1.54, 1.807) is 7.11 Å². The highest BCUT2D eigenvalue weighted by molar-refractivity contribution is 5.76. The molecule has 1 aliphatic rings. The van der Waals surface area contributed by atoms with Crippen molar-refractivity contribution in [2.24, 2.45) is 11.8 Å². The van der Waals surface area contributed by atoms with Gasteiger partial charge in [-0.1, -0.05) is 20.3 Å². The van der Waals surface area contributed by atoms with E-state index >= 15 is 0 Å². The number of ether oxygens (including phenoxy) is 2. The van der Waals surface area contributed by atoms with Gasteiger partial charge in [-0.05, 0) is 24.7 Å². The second-order valence-electron chi connectivity index (χ2n) is 5.33. The first-order valence-corrected chi connectivity index (χ1v) is 7.01. The zero-order chi connectivity index (χ0) is 13.4. The van der Waals surface area contributed by atoms with Crippen LogP contribution in [0.3, 0.4) is 0 Å². The van der Waals surface area contributed by atoms with E-state index in [0.717, 1.165) is 0 Å². The minimum absolute atomic E-state index is 0.109. The van der Waals surface area contributed by atoms with Gasteiger partial charge in [0, 0.05) is 19.6 Å². The summed E-state index contributed by atoms with van der Waals surface area (Å²) in [5.41, 5.74) is 0. The molecule has 0 spiro atoms. The Kier molecular flexibility index (Phi) is 7.28. The lowest BCUT2D eigenvalue weighted by atomic mass is 9.78. The molecule has 0 saturated heterocycles. The molecule has 0 aromatic heterocycles. The quantitative estimate of drug-likeness (QED) is 0.709. The normalized spacial score (nSPS) is 28.1. The molecule has 0 radical (unpaired) electrons. The van der Waals surface area contributed by atoms with Gasteiger partial charge in [0.1, 0.15) is 0 Å². The molecule has 106 valence electrons. The number of nitrogens with one attached hydrogen (secondary N) is 1. The molecule has 0 aromatic rings. The van der Waals surface area contributed by atoms with Crippen molar-refractivity contribution in [2.75, 3.05) is 26.9 Å². The van der Waals surface area contributed by atoms with Crippen LogP contribution < -0.4 is 5.32 Å². The van der Waals surface area contributed by atoms with Gasteiger partial charge in [0.15, 0.2) is 0 Å². The topological polar surface area (TPSA) is 47.6 Å². The maximum absolute atomic E-state index is 11.8. The molecular weight excluding hydrogens is 230 g/mol. The van der Waals surface area contributed by atoms with Gasteiger partial charge in [-0.2, -0.15) is 0 Å². The molecular formula is C14H27NO3. The fourth-order valence-corrected chi connectivity index (χ4v) is 2.63. The van der Waals surface area contributed by atoms with Gasteiger partial charge in [-0.15, -0.1) is 0 Å². The summed E-state index contributed by atoms with van der Waals surface area (Å²) in [4.78, 5) is 11.8. The SMILES string of the molecule is COCCOCCC(=O)NC1C(C)CCCC1C. The van der Waals surface area contributed by atoms with Crippen LogP contribution in [0.4, 0.5) is 0 Å². The third-order valence-corrected chi connectivity index (χ3v) is 3.78. The molecule has 4 nitrogen and oxygen atoms in total. The van der Waals surface area contributed by atoms with E-state index in [1.807, 2.05) is 0 Å². The molecule has 4 heteroatoms. The Morgan fingerprint density at radius 3 is 2.44 bits per heavy atom. The highest BCUT2D eigenvalue weighted by Gasteiger charge is 2.28. The van der Waals surface area contributed by atoms with E-state index in [4.69, 9.17) is 9.47 Å². The molecule has 1 fully saturated rings. The van der Waals surface area contributed by atoms with Crippen LogP contribution in [0.15, 0.2) is 0 Å². The van der Waals surface area contributed by atoms with E-state index in [1.165, 1.54) is 19.3 Å². The van der Waals surface area contributed by atoms with Gasteiger partial charge in [-0.3, -0.25) is 4.79 Å². The maximum Gasteiger partial charge on any atom is 0.222 e. The first kappa shape index (κ1) is 15.4. The van der Waals surface area contributed by atoms with Gasteiger partial charge in [0.2, 0.25) is 5.91 Å². The molecule has 1 N–H and O–H groups in total. The first-order chi connectivity index (χ1) is 8.65. The third-order valence-electron chi connectivity index (χ3n) is 3.78. The van der Waals surface area contributed by atoms with Crippen molar-refractivity contribution in [1.82, 2.24) is 5.32 Å². The van der Waals surface area contributed by atoms with Crippen molar-refractivity contribution in [3.05, 3.63) is 0 Å². The molecule has 1 saturated carbocycles. The molecule has 18 heavy (non-hydrogen) atoms. The van der Waals surface area contributed by atoms with E-state index in [9.17, 15) is 4.79 Å². The van der Waals surface area contributed by atoms with Crippen LogP contribution in [0, 0.1) is 11.8 Å². The van der Waals surface area contributed by atoms with E-state index in [-0.39, 0.29) is 5.91 Å². The number of hydrogen-bond acceptors (Lipinski definition) is 3. The highest BCUT2D eigenvalue weighted by atomic mass is 16.5. The fourth-order valence-electron chi connectivity index (χ4n) is 2.63. The zero-order valence-electron chi connectivity index (χ0n) is 11.9. The summed E-state index contributed by atoms with van der Waals surface area (Å²) in [6.45, 7) is 6.08. The standard InChI is InChI=1S/C14H27NO3/c1-11-5-4-6-12(2)14(11)15-13(16)7-8-18-10-9-17-3/h11-12,14H,4-10H2,1-3H3,(H,15,16). The van der Waals surface area contributed by atoms with Crippen LogP contribution in [-0.4, -0.2) is 38.9 Å². The molecule has 1 amide bonds. The maximum atomic E-state index is 11.8. The average molecular weight is 257 g/mol. The lowest BCUT2D eigenvalue weighted by Crippen LogP contribution is -2.46. The Hall–Kier alpha value is -0.610. The van der Waals surface area contributed by atoms with Crippen LogP contribution in [0.1, 0.15) is 39.5 Å². The van der Waals surface area contributed by atoms with Crippen molar-refractivity contribution in [1.29, 1.82) is 0 Å². The van der Waals surface area contributed by atoms with Crippen LogP contribution in [0.2, 0.25) is 0 Å². The molecule has 1 aliphatic carbocycles. The summed E-state index contributed by atoms with van der Waals surface area (Å²) in [6, 6.07) is 0.338. The van der Waals surface area contributed by atoms with Crippen molar-refractivity contribution in [3.63, 3.8) is 0 Å². The number of methoxy groups -OCH3 is 1. The molecule has 2 atom stereocenters. The predicted octanol–water partition coefficient (Wildman–Crippen LogP) is 1.98. The number of carbonyl (C=O) groups is 1. The minimum atomic E-state index is 0.109. The Balaban J connectivity index is 2.18. The van der Waals surface area contributed by atoms with E-state index in [0.29, 0.717) is 44.1 Å². The van der Waals surface area contributed by atoms with E-state index in [2.05, 4.69) is 19.2 Å². The van der Waals surface area contributed by atoms with Gasteiger partial charge in [0.05, 0.1) is 19.8 Å². The van der Waals surface area contributed by atoms with Crippen LogP contribution in [0.25, 0.3) is 0 Å². The van der Waals surface area contributed by atoms with Gasteiger partial charge in [-0.25, -0.2) is 0 Å². The smallest absolute Gasteiger partial charge is 0.222 e. The van der Waals surface area contributed by atoms with Crippen molar-refractivity contribution in [2.45, 2.75) is 45.6 Å². The Morgan fingerprint density at radius 2 is 1.83 bits per heavy atom. The van der Waals surface area contributed by atoms with Crippen LogP contribution in [-0.2, 0) is 14.3 Å². The second kappa shape index (κ2) is 8.48. The monoisotopic (exact) mass is 257 g/mol. The second-order valence-corrected chi connectivity index (χ2v) is 5.33. The summed E-state index contributed by atoms with van der Waals surface area (Å²) < 4.78 is 10.2. The van der Waals surface area contributed by atoms with Gasteiger partial charge < -0.3 is 14.8 Å². The predicted molar refractivity (Wildman–Crippen MR) is 71.4 cm³/mol. The Bertz CT molecular complexity index is 235.